The second-order valence-corrected chi connectivity index (χ2v) is 14.3. The van der Waals surface area contributed by atoms with Crippen molar-refractivity contribution in [2.75, 3.05) is 23.8 Å². The van der Waals surface area contributed by atoms with E-state index < -0.39 is 8.07 Å². The molecule has 0 radical (unpaired) electrons. The number of amides is 1. The third-order valence-electron chi connectivity index (χ3n) is 4.25. The summed E-state index contributed by atoms with van der Waals surface area (Å²) in [5.41, 5.74) is 3.01. The third-order valence-corrected chi connectivity index (χ3v) is 6.94. The highest BCUT2D eigenvalue weighted by Crippen LogP contribution is 2.29. The van der Waals surface area contributed by atoms with Gasteiger partial charge >= 0.3 is 0 Å². The number of nitrogens with zero attached hydrogens (tertiary/aromatic N) is 4. The summed E-state index contributed by atoms with van der Waals surface area (Å²) in [6.45, 7) is 9.00. The van der Waals surface area contributed by atoms with Crippen molar-refractivity contribution in [1.29, 1.82) is 0 Å². The lowest BCUT2D eigenvalue weighted by atomic mass is 10.3. The number of hydrogen-bond acceptors (Lipinski definition) is 7. The number of carbonyl (C=O) groups excluding carboxylic acids is 1. The predicted octanol–water partition coefficient (Wildman–Crippen LogP) is 2.13. The Kier molecular flexibility index (Phi) is 6.20. The van der Waals surface area contributed by atoms with Crippen LogP contribution >= 0.6 is 11.8 Å². The first-order valence-corrected chi connectivity index (χ1v) is 13.6. The van der Waals surface area contributed by atoms with Crippen molar-refractivity contribution in [3.63, 3.8) is 0 Å². The summed E-state index contributed by atoms with van der Waals surface area (Å²) in [4.78, 5) is 23.2. The molecule has 1 amide bonds. The Labute approximate surface area is 164 Å². The van der Waals surface area contributed by atoms with Gasteiger partial charge in [0.2, 0.25) is 0 Å². The van der Waals surface area contributed by atoms with Gasteiger partial charge in [-0.25, -0.2) is 15.8 Å². The Morgan fingerprint density at radius 3 is 2.96 bits per heavy atom. The molecule has 1 aliphatic rings. The molecule has 0 unspecified atom stereocenters. The number of nitrogens with one attached hydrogen (secondary N) is 1. The summed E-state index contributed by atoms with van der Waals surface area (Å²) < 4.78 is 7.84. The molecule has 0 atom stereocenters. The van der Waals surface area contributed by atoms with Crippen molar-refractivity contribution < 1.29 is 9.53 Å². The van der Waals surface area contributed by atoms with Gasteiger partial charge in [0.15, 0.2) is 0 Å². The number of aromatic nitrogens is 3. The van der Waals surface area contributed by atoms with Crippen LogP contribution in [0.15, 0.2) is 29.7 Å². The molecule has 3 rings (SSSR count). The van der Waals surface area contributed by atoms with Crippen molar-refractivity contribution in [2.24, 2.45) is 5.84 Å². The average Bonchev–Trinajstić information content (AvgIpc) is 3.07. The highest BCUT2D eigenvalue weighted by atomic mass is 32.2. The van der Waals surface area contributed by atoms with Gasteiger partial charge in [-0.3, -0.25) is 10.2 Å². The number of hydrazine groups is 1. The molecule has 2 aromatic rings. The van der Waals surface area contributed by atoms with E-state index in [0.717, 1.165) is 41.8 Å². The zero-order chi connectivity index (χ0) is 19.4. The molecule has 0 aliphatic carbocycles. The van der Waals surface area contributed by atoms with E-state index in [1.54, 1.807) is 12.5 Å². The van der Waals surface area contributed by atoms with Crippen LogP contribution in [0.2, 0.25) is 25.7 Å². The maximum Gasteiger partial charge on any atom is 0.273 e. The van der Waals surface area contributed by atoms with Crippen LogP contribution in [0.5, 0.6) is 0 Å². The summed E-state index contributed by atoms with van der Waals surface area (Å²) in [6.07, 6.45) is 5.31. The molecule has 10 heteroatoms. The Balaban J connectivity index is 1.78. The van der Waals surface area contributed by atoms with Crippen molar-refractivity contribution in [1.82, 2.24) is 20.0 Å². The monoisotopic (exact) mass is 406 g/mol. The Morgan fingerprint density at radius 2 is 2.22 bits per heavy atom. The number of anilines is 1. The fourth-order valence-electron chi connectivity index (χ4n) is 2.72. The zero-order valence-corrected chi connectivity index (χ0v) is 17.8. The number of thioether (sulfide) groups is 1. The van der Waals surface area contributed by atoms with E-state index in [-0.39, 0.29) is 5.91 Å². The minimum Gasteiger partial charge on any atom is -0.361 e. The Hall–Kier alpha value is -1.88. The van der Waals surface area contributed by atoms with E-state index in [0.29, 0.717) is 11.6 Å². The van der Waals surface area contributed by atoms with Gasteiger partial charge in [0, 0.05) is 39.4 Å². The second-order valence-electron chi connectivity index (χ2n) is 7.58. The molecule has 3 heterocycles. The molecule has 0 saturated carbocycles. The third kappa shape index (κ3) is 4.89. The van der Waals surface area contributed by atoms with Gasteiger partial charge in [0.1, 0.15) is 24.5 Å². The highest BCUT2D eigenvalue weighted by Gasteiger charge is 2.20. The quantitative estimate of drug-likeness (QED) is 0.239. The number of hydrogen-bond donors (Lipinski definition) is 2. The zero-order valence-electron chi connectivity index (χ0n) is 15.9. The summed E-state index contributed by atoms with van der Waals surface area (Å²) in [6, 6.07) is 3.12. The molecular weight excluding hydrogens is 380 g/mol. The van der Waals surface area contributed by atoms with Crippen LogP contribution in [0.1, 0.15) is 0 Å². The fourth-order valence-corrected chi connectivity index (χ4v) is 4.38. The average molecular weight is 407 g/mol. The first-order valence-electron chi connectivity index (χ1n) is 8.89. The minimum absolute atomic E-state index is 0.289. The lowest BCUT2D eigenvalue weighted by molar-refractivity contribution is -0.116. The van der Waals surface area contributed by atoms with Gasteiger partial charge < -0.3 is 14.2 Å². The molecular formula is C17H26N6O2SSi. The van der Waals surface area contributed by atoms with E-state index in [9.17, 15) is 4.79 Å². The smallest absolute Gasteiger partial charge is 0.273 e. The van der Waals surface area contributed by atoms with Crippen LogP contribution in [0.25, 0.3) is 11.0 Å². The van der Waals surface area contributed by atoms with Gasteiger partial charge in [-0.15, -0.1) is 11.8 Å². The van der Waals surface area contributed by atoms with E-state index in [2.05, 4.69) is 35.0 Å². The molecule has 2 aromatic heterocycles. The van der Waals surface area contributed by atoms with E-state index in [1.807, 2.05) is 21.7 Å². The summed E-state index contributed by atoms with van der Waals surface area (Å²) >= 11 is 1.48. The lowest BCUT2D eigenvalue weighted by Crippen LogP contribution is -2.34. The summed E-state index contributed by atoms with van der Waals surface area (Å²) in [7, 11) is -1.10. The first kappa shape index (κ1) is 19.9. The van der Waals surface area contributed by atoms with Gasteiger partial charge in [-0.2, -0.15) is 0 Å². The standard InChI is InChI=1S/C17H26N6O2SSi/c1-27(2,3)9-7-25-12-23-5-4-13-15(19-11-20-16(13)23)22-6-8-26-14(10-22)17(24)21-18/h4-5,10-11H,6-9,12,18H2,1-3H3,(H,21,24). The highest BCUT2D eigenvalue weighted by molar-refractivity contribution is 8.04. The number of rotatable bonds is 7. The maximum atomic E-state index is 11.8. The van der Waals surface area contributed by atoms with E-state index >= 15 is 0 Å². The van der Waals surface area contributed by atoms with Gasteiger partial charge in [-0.05, 0) is 12.1 Å². The molecule has 1 aliphatic heterocycles. The summed E-state index contributed by atoms with van der Waals surface area (Å²) in [5.74, 6) is 6.53. The molecule has 0 bridgehead atoms. The van der Waals surface area contributed by atoms with Crippen molar-refractivity contribution in [3.8, 4) is 0 Å². The molecule has 27 heavy (non-hydrogen) atoms. The molecule has 8 nitrogen and oxygen atoms in total. The van der Waals surface area contributed by atoms with Crippen molar-refractivity contribution >= 4 is 42.6 Å². The van der Waals surface area contributed by atoms with Crippen LogP contribution in [-0.2, 0) is 16.3 Å². The van der Waals surface area contributed by atoms with Crippen LogP contribution < -0.4 is 16.2 Å². The van der Waals surface area contributed by atoms with Crippen molar-refractivity contribution in [3.05, 3.63) is 29.7 Å². The molecule has 146 valence electrons. The van der Waals surface area contributed by atoms with Crippen LogP contribution in [-0.4, -0.2) is 47.4 Å². The van der Waals surface area contributed by atoms with Crippen LogP contribution in [0, 0.1) is 0 Å². The summed E-state index contributed by atoms with van der Waals surface area (Å²) in [5, 5.41) is 0.932. The Bertz CT molecular complexity index is 848. The molecule has 3 N–H and O–H groups in total. The minimum atomic E-state index is -1.10. The first-order chi connectivity index (χ1) is 12.9. The van der Waals surface area contributed by atoms with Gasteiger partial charge in [0.05, 0.1) is 10.3 Å². The van der Waals surface area contributed by atoms with Crippen molar-refractivity contribution in [2.45, 2.75) is 32.4 Å². The van der Waals surface area contributed by atoms with Crippen LogP contribution in [0.3, 0.4) is 0 Å². The van der Waals surface area contributed by atoms with Crippen LogP contribution in [0.4, 0.5) is 5.82 Å². The van der Waals surface area contributed by atoms with E-state index in [4.69, 9.17) is 10.6 Å². The van der Waals surface area contributed by atoms with Gasteiger partial charge in [0.25, 0.3) is 5.91 Å². The maximum absolute atomic E-state index is 11.8. The largest absolute Gasteiger partial charge is 0.361 e. The number of fused-ring (bicyclic) bond motifs is 1. The molecule has 0 saturated heterocycles. The number of nitrogens with two attached hydrogens (primary N) is 1. The second kappa shape index (κ2) is 8.42. The molecule has 0 fully saturated rings. The normalized spacial score (nSPS) is 15.1. The fraction of sp³-hybridized carbons (Fsp3) is 0.471. The number of ether oxygens (including phenoxy) is 1. The Morgan fingerprint density at radius 1 is 1.41 bits per heavy atom. The van der Waals surface area contributed by atoms with Gasteiger partial charge in [-0.1, -0.05) is 19.6 Å². The molecule has 0 spiro atoms. The van der Waals surface area contributed by atoms with E-state index in [1.165, 1.54) is 11.8 Å². The topological polar surface area (TPSA) is 98.3 Å². The lowest BCUT2D eigenvalue weighted by Gasteiger charge is -2.25. The number of carbonyl (C=O) groups is 1. The molecule has 0 aromatic carbocycles. The SMILES string of the molecule is C[Si](C)(C)CCOCn1ccc2c(N3C=C(C(=O)NN)SCC3)ncnc21. The predicted molar refractivity (Wildman–Crippen MR) is 112 cm³/mol.